The van der Waals surface area contributed by atoms with Crippen molar-refractivity contribution in [2.24, 2.45) is 13.0 Å². The van der Waals surface area contributed by atoms with Crippen molar-refractivity contribution < 1.29 is 14.3 Å². The van der Waals surface area contributed by atoms with E-state index in [9.17, 15) is 4.79 Å². The Morgan fingerprint density at radius 3 is 2.74 bits per heavy atom. The van der Waals surface area contributed by atoms with Gasteiger partial charge in [0.25, 0.3) is 5.95 Å². The highest BCUT2D eigenvalue weighted by atomic mass is 16.5. The van der Waals surface area contributed by atoms with Gasteiger partial charge in [-0.1, -0.05) is 37.1 Å². The molecule has 5 rings (SSSR count). The van der Waals surface area contributed by atoms with Gasteiger partial charge in [0.05, 0.1) is 23.3 Å². The normalized spacial score (nSPS) is 13.4. The molecule has 3 heterocycles. The lowest BCUT2D eigenvalue weighted by atomic mass is 10.1. The van der Waals surface area contributed by atoms with Gasteiger partial charge in [0.15, 0.2) is 0 Å². The molecule has 0 spiro atoms. The standard InChI is InChI=1S/C23H26N8O3/c1-14(2)12-34-23(32)25-19-9-4-6-16(24-19)13-33-22-26-20-17(15-10-11-15)7-5-8-18(20)31(22)21-27-28-29-30(21)3/h4-9,14-15H,10-13H2,1-3H3,(H,24,25,32). The number of imidazole rings is 1. The average Bonchev–Trinajstić information content (AvgIpc) is 3.48. The third kappa shape index (κ3) is 4.54. The number of hydrogen-bond donors (Lipinski definition) is 1. The largest absolute Gasteiger partial charge is 0.458 e. The summed E-state index contributed by atoms with van der Waals surface area (Å²) in [7, 11) is 1.77. The molecule has 1 N–H and O–H groups in total. The molecular formula is C23H26N8O3. The molecule has 3 aromatic heterocycles. The summed E-state index contributed by atoms with van der Waals surface area (Å²) in [5.74, 6) is 1.67. The molecule has 4 aromatic rings. The van der Waals surface area contributed by atoms with Gasteiger partial charge in [-0.2, -0.15) is 4.98 Å². The van der Waals surface area contributed by atoms with E-state index in [4.69, 9.17) is 14.5 Å². The number of aryl methyl sites for hydroxylation is 1. The summed E-state index contributed by atoms with van der Waals surface area (Å²) < 4.78 is 14.7. The van der Waals surface area contributed by atoms with Crippen LogP contribution in [-0.4, -0.2) is 47.4 Å². The van der Waals surface area contributed by atoms with Gasteiger partial charge >= 0.3 is 12.1 Å². The molecule has 1 aliphatic rings. The molecule has 0 radical (unpaired) electrons. The smallest absolute Gasteiger partial charge is 0.412 e. The number of benzene rings is 1. The molecule has 0 atom stereocenters. The summed E-state index contributed by atoms with van der Waals surface area (Å²) in [4.78, 5) is 21.2. The number of anilines is 1. The molecule has 1 aliphatic carbocycles. The highest BCUT2D eigenvalue weighted by Crippen LogP contribution is 2.43. The number of ether oxygens (including phenoxy) is 2. The SMILES string of the molecule is CC(C)COC(=O)Nc1cccc(COc2nc3c(C4CC4)cccc3n2-c2nnnn2C)n1. The van der Waals surface area contributed by atoms with E-state index in [-0.39, 0.29) is 12.5 Å². The van der Waals surface area contributed by atoms with Crippen LogP contribution in [0.2, 0.25) is 0 Å². The molecular weight excluding hydrogens is 436 g/mol. The number of nitrogens with zero attached hydrogens (tertiary/aromatic N) is 7. The maximum atomic E-state index is 12.0. The topological polar surface area (TPSA) is 122 Å². The number of para-hydroxylation sites is 1. The Hall–Kier alpha value is -4.02. The average molecular weight is 463 g/mol. The minimum Gasteiger partial charge on any atom is -0.458 e. The highest BCUT2D eigenvalue weighted by Gasteiger charge is 2.28. The predicted molar refractivity (Wildman–Crippen MR) is 124 cm³/mol. The van der Waals surface area contributed by atoms with Crippen LogP contribution in [-0.2, 0) is 18.4 Å². The van der Waals surface area contributed by atoms with E-state index >= 15 is 0 Å². The first-order valence-corrected chi connectivity index (χ1v) is 11.3. The number of carbonyl (C=O) groups is 1. The fraction of sp³-hybridized carbons (Fsp3) is 0.391. The van der Waals surface area contributed by atoms with Gasteiger partial charge in [-0.3, -0.25) is 5.32 Å². The molecule has 176 valence electrons. The minimum absolute atomic E-state index is 0.143. The van der Waals surface area contributed by atoms with E-state index in [2.05, 4.69) is 31.9 Å². The third-order valence-corrected chi connectivity index (χ3v) is 5.43. The molecule has 11 nitrogen and oxygen atoms in total. The number of tetrazole rings is 1. The van der Waals surface area contributed by atoms with Crippen LogP contribution in [0.5, 0.6) is 6.01 Å². The van der Waals surface area contributed by atoms with Crippen molar-refractivity contribution in [3.05, 3.63) is 47.7 Å². The highest BCUT2D eigenvalue weighted by molar-refractivity contribution is 5.83. The summed E-state index contributed by atoms with van der Waals surface area (Å²) >= 11 is 0. The Kier molecular flexibility index (Phi) is 5.83. The minimum atomic E-state index is -0.538. The number of fused-ring (bicyclic) bond motifs is 1. The third-order valence-electron chi connectivity index (χ3n) is 5.43. The first-order valence-electron chi connectivity index (χ1n) is 11.3. The quantitative estimate of drug-likeness (QED) is 0.421. The molecule has 34 heavy (non-hydrogen) atoms. The van der Waals surface area contributed by atoms with Gasteiger partial charge in [0.2, 0.25) is 0 Å². The van der Waals surface area contributed by atoms with Crippen molar-refractivity contribution in [1.82, 2.24) is 34.7 Å². The number of hydrogen-bond acceptors (Lipinski definition) is 8. The maximum Gasteiger partial charge on any atom is 0.412 e. The molecule has 11 heteroatoms. The Morgan fingerprint density at radius 1 is 1.18 bits per heavy atom. The molecule has 1 aromatic carbocycles. The number of rotatable bonds is 8. The lowest BCUT2D eigenvalue weighted by Gasteiger charge is -2.10. The molecule has 1 saturated carbocycles. The van der Waals surface area contributed by atoms with Crippen molar-refractivity contribution in [2.45, 2.75) is 39.2 Å². The molecule has 0 saturated heterocycles. The fourth-order valence-electron chi connectivity index (χ4n) is 3.68. The van der Waals surface area contributed by atoms with Crippen molar-refractivity contribution in [3.8, 4) is 12.0 Å². The molecule has 0 aliphatic heterocycles. The van der Waals surface area contributed by atoms with Crippen LogP contribution >= 0.6 is 0 Å². The summed E-state index contributed by atoms with van der Waals surface area (Å²) in [6.45, 7) is 4.43. The van der Waals surface area contributed by atoms with Crippen molar-refractivity contribution in [2.75, 3.05) is 11.9 Å². The van der Waals surface area contributed by atoms with Gasteiger partial charge in [0, 0.05) is 7.05 Å². The first-order chi connectivity index (χ1) is 16.5. The molecule has 0 unspecified atom stereocenters. The van der Waals surface area contributed by atoms with Crippen LogP contribution in [0, 0.1) is 5.92 Å². The van der Waals surface area contributed by atoms with Crippen molar-refractivity contribution >= 4 is 22.9 Å². The van der Waals surface area contributed by atoms with Crippen LogP contribution in [0.1, 0.15) is 43.9 Å². The van der Waals surface area contributed by atoms with Gasteiger partial charge in [-0.15, -0.1) is 0 Å². The number of amides is 1. The Labute approximate surface area is 196 Å². The number of aromatic nitrogens is 7. The monoisotopic (exact) mass is 462 g/mol. The number of pyridine rings is 1. The lowest BCUT2D eigenvalue weighted by Crippen LogP contribution is -2.17. The van der Waals surface area contributed by atoms with E-state index in [0.717, 1.165) is 23.9 Å². The van der Waals surface area contributed by atoms with Crippen LogP contribution < -0.4 is 10.1 Å². The first kappa shape index (κ1) is 21.8. The predicted octanol–water partition coefficient (Wildman–Crippen LogP) is 3.60. The van der Waals surface area contributed by atoms with E-state index < -0.39 is 6.09 Å². The second-order valence-electron chi connectivity index (χ2n) is 8.74. The Morgan fingerprint density at radius 2 is 2.00 bits per heavy atom. The summed E-state index contributed by atoms with van der Waals surface area (Å²) in [5.41, 5.74) is 3.60. The summed E-state index contributed by atoms with van der Waals surface area (Å²) in [6.07, 6.45) is 1.79. The molecule has 0 bridgehead atoms. The van der Waals surface area contributed by atoms with Gasteiger partial charge in [-0.05, 0) is 58.9 Å². The van der Waals surface area contributed by atoms with Crippen molar-refractivity contribution in [3.63, 3.8) is 0 Å². The van der Waals surface area contributed by atoms with E-state index in [1.165, 1.54) is 5.56 Å². The van der Waals surface area contributed by atoms with E-state index in [0.29, 0.717) is 36.0 Å². The zero-order valence-corrected chi connectivity index (χ0v) is 19.3. The van der Waals surface area contributed by atoms with Gasteiger partial charge < -0.3 is 9.47 Å². The fourth-order valence-corrected chi connectivity index (χ4v) is 3.68. The van der Waals surface area contributed by atoms with E-state index in [1.807, 2.05) is 36.6 Å². The van der Waals surface area contributed by atoms with Crippen LogP contribution in [0.15, 0.2) is 36.4 Å². The van der Waals surface area contributed by atoms with Gasteiger partial charge in [-0.25, -0.2) is 19.0 Å². The Bertz CT molecular complexity index is 1330. The molecule has 1 fully saturated rings. The second-order valence-corrected chi connectivity index (χ2v) is 8.74. The summed E-state index contributed by atoms with van der Waals surface area (Å²) in [5, 5.41) is 14.5. The van der Waals surface area contributed by atoms with Crippen LogP contribution in [0.4, 0.5) is 10.6 Å². The zero-order chi connectivity index (χ0) is 23.7. The summed E-state index contributed by atoms with van der Waals surface area (Å²) in [6, 6.07) is 11.8. The second kappa shape index (κ2) is 9.08. The Balaban J connectivity index is 1.40. The van der Waals surface area contributed by atoms with E-state index in [1.54, 1.807) is 23.9 Å². The lowest BCUT2D eigenvalue weighted by molar-refractivity contribution is 0.147. The van der Waals surface area contributed by atoms with Crippen LogP contribution in [0.25, 0.3) is 17.0 Å². The van der Waals surface area contributed by atoms with Gasteiger partial charge in [0.1, 0.15) is 12.4 Å². The van der Waals surface area contributed by atoms with Crippen LogP contribution in [0.3, 0.4) is 0 Å². The molecule has 1 amide bonds. The number of nitrogens with one attached hydrogen (secondary N) is 1. The number of carbonyl (C=O) groups excluding carboxylic acids is 1. The zero-order valence-electron chi connectivity index (χ0n) is 19.3. The maximum absolute atomic E-state index is 12.0. The van der Waals surface area contributed by atoms with Crippen molar-refractivity contribution in [1.29, 1.82) is 0 Å².